The lowest BCUT2D eigenvalue weighted by Gasteiger charge is -2.25. The van der Waals surface area contributed by atoms with E-state index in [2.05, 4.69) is 17.4 Å². The van der Waals surface area contributed by atoms with Gasteiger partial charge in [-0.1, -0.05) is 35.9 Å². The van der Waals surface area contributed by atoms with Crippen LogP contribution in [0.5, 0.6) is 0 Å². The lowest BCUT2D eigenvalue weighted by molar-refractivity contribution is 0.0730. The second-order valence-corrected chi connectivity index (χ2v) is 7.90. The van der Waals surface area contributed by atoms with Crippen molar-refractivity contribution in [1.29, 1.82) is 0 Å². The Bertz CT molecular complexity index is 764. The molecular weight excluding hydrogens is 344 g/mol. The standard InChI is InChI=1S/C22H25ClN2O/c23-20-5-1-3-16(13-20)15-25(21-10-11-21)22(26)18-8-6-17(7-9-18)19-4-2-12-24-14-19/h1,3,5-9,13,19,21,24H,2,4,10-12,14-15H2. The predicted molar refractivity (Wildman–Crippen MR) is 106 cm³/mol. The molecular formula is C22H25ClN2O. The number of hydrogen-bond donors (Lipinski definition) is 1. The van der Waals surface area contributed by atoms with Gasteiger partial charge in [-0.05, 0) is 73.5 Å². The average Bonchev–Trinajstić information content (AvgIpc) is 3.52. The van der Waals surface area contributed by atoms with E-state index in [0.29, 0.717) is 18.5 Å². The number of piperidine rings is 1. The van der Waals surface area contributed by atoms with Gasteiger partial charge in [0.25, 0.3) is 5.91 Å². The van der Waals surface area contributed by atoms with Crippen molar-refractivity contribution in [3.63, 3.8) is 0 Å². The molecule has 136 valence electrons. The Morgan fingerprint density at radius 2 is 1.92 bits per heavy atom. The van der Waals surface area contributed by atoms with Crippen molar-refractivity contribution in [1.82, 2.24) is 10.2 Å². The molecule has 1 saturated heterocycles. The largest absolute Gasteiger partial charge is 0.331 e. The summed E-state index contributed by atoms with van der Waals surface area (Å²) >= 11 is 6.10. The number of carbonyl (C=O) groups excluding carboxylic acids is 1. The Hall–Kier alpha value is -1.84. The molecule has 0 spiro atoms. The van der Waals surface area contributed by atoms with Gasteiger partial charge in [-0.2, -0.15) is 0 Å². The normalized spacial score (nSPS) is 20.0. The molecule has 2 aromatic carbocycles. The summed E-state index contributed by atoms with van der Waals surface area (Å²) in [6, 6.07) is 16.4. The molecule has 4 heteroatoms. The predicted octanol–water partition coefficient (Wildman–Crippen LogP) is 4.61. The van der Waals surface area contributed by atoms with E-state index in [4.69, 9.17) is 11.6 Å². The summed E-state index contributed by atoms with van der Waals surface area (Å²) in [5.41, 5.74) is 3.20. The van der Waals surface area contributed by atoms with E-state index in [1.807, 2.05) is 41.3 Å². The highest BCUT2D eigenvalue weighted by atomic mass is 35.5. The summed E-state index contributed by atoms with van der Waals surface area (Å²) in [7, 11) is 0. The van der Waals surface area contributed by atoms with Gasteiger partial charge in [0.05, 0.1) is 0 Å². The fourth-order valence-electron chi connectivity index (χ4n) is 3.78. The number of nitrogens with zero attached hydrogens (tertiary/aromatic N) is 1. The highest BCUT2D eigenvalue weighted by Crippen LogP contribution is 2.31. The zero-order chi connectivity index (χ0) is 17.9. The van der Waals surface area contributed by atoms with Gasteiger partial charge < -0.3 is 10.2 Å². The molecule has 1 amide bonds. The van der Waals surface area contributed by atoms with Crippen molar-refractivity contribution in [2.24, 2.45) is 0 Å². The van der Waals surface area contributed by atoms with Crippen molar-refractivity contribution in [3.8, 4) is 0 Å². The molecule has 0 radical (unpaired) electrons. The van der Waals surface area contributed by atoms with Crippen LogP contribution in [0.1, 0.15) is 53.1 Å². The van der Waals surface area contributed by atoms with Crippen LogP contribution in [0.2, 0.25) is 5.02 Å². The number of rotatable bonds is 5. The Morgan fingerprint density at radius 1 is 1.12 bits per heavy atom. The smallest absolute Gasteiger partial charge is 0.254 e. The monoisotopic (exact) mass is 368 g/mol. The van der Waals surface area contributed by atoms with Crippen LogP contribution in [0.4, 0.5) is 0 Å². The van der Waals surface area contributed by atoms with Gasteiger partial charge in [0.2, 0.25) is 0 Å². The molecule has 1 aliphatic carbocycles. The Morgan fingerprint density at radius 3 is 2.58 bits per heavy atom. The van der Waals surface area contributed by atoms with E-state index >= 15 is 0 Å². The zero-order valence-electron chi connectivity index (χ0n) is 15.0. The third-order valence-corrected chi connectivity index (χ3v) is 5.65. The number of hydrogen-bond acceptors (Lipinski definition) is 2. The molecule has 1 N–H and O–H groups in total. The first-order valence-corrected chi connectivity index (χ1v) is 9.94. The first-order chi connectivity index (χ1) is 12.7. The highest BCUT2D eigenvalue weighted by molar-refractivity contribution is 6.30. The molecule has 2 fully saturated rings. The maximum absolute atomic E-state index is 13.1. The van der Waals surface area contributed by atoms with Gasteiger partial charge in [0.1, 0.15) is 0 Å². The molecule has 2 aliphatic rings. The average molecular weight is 369 g/mol. The first kappa shape index (κ1) is 17.6. The van der Waals surface area contributed by atoms with Gasteiger partial charge in [0, 0.05) is 29.7 Å². The van der Waals surface area contributed by atoms with Crippen LogP contribution in [0.3, 0.4) is 0 Å². The maximum atomic E-state index is 13.1. The minimum Gasteiger partial charge on any atom is -0.331 e. The molecule has 0 bridgehead atoms. The molecule has 2 aromatic rings. The zero-order valence-corrected chi connectivity index (χ0v) is 15.7. The van der Waals surface area contributed by atoms with Gasteiger partial charge in [-0.25, -0.2) is 0 Å². The van der Waals surface area contributed by atoms with E-state index in [1.165, 1.54) is 18.4 Å². The van der Waals surface area contributed by atoms with Crippen LogP contribution in [0.15, 0.2) is 48.5 Å². The number of benzene rings is 2. The molecule has 1 atom stereocenters. The van der Waals surface area contributed by atoms with E-state index < -0.39 is 0 Å². The molecule has 1 unspecified atom stereocenters. The van der Waals surface area contributed by atoms with Gasteiger partial charge in [-0.3, -0.25) is 4.79 Å². The quantitative estimate of drug-likeness (QED) is 0.835. The summed E-state index contributed by atoms with van der Waals surface area (Å²) in [6.45, 7) is 2.78. The minimum atomic E-state index is 0.126. The van der Waals surface area contributed by atoms with E-state index in [-0.39, 0.29) is 5.91 Å². The van der Waals surface area contributed by atoms with Crippen LogP contribution in [0, 0.1) is 0 Å². The van der Waals surface area contributed by atoms with Crippen molar-refractivity contribution in [2.75, 3.05) is 13.1 Å². The second kappa shape index (κ2) is 7.81. The summed E-state index contributed by atoms with van der Waals surface area (Å²) in [6.07, 6.45) is 4.64. The molecule has 3 nitrogen and oxygen atoms in total. The maximum Gasteiger partial charge on any atom is 0.254 e. The molecule has 1 saturated carbocycles. The fourth-order valence-corrected chi connectivity index (χ4v) is 4.00. The van der Waals surface area contributed by atoms with Gasteiger partial charge >= 0.3 is 0 Å². The summed E-state index contributed by atoms with van der Waals surface area (Å²) < 4.78 is 0. The summed E-state index contributed by atoms with van der Waals surface area (Å²) in [5.74, 6) is 0.694. The lowest BCUT2D eigenvalue weighted by Crippen LogP contribution is -2.32. The third kappa shape index (κ3) is 4.11. The summed E-state index contributed by atoms with van der Waals surface area (Å²) in [4.78, 5) is 15.1. The van der Waals surface area contributed by atoms with E-state index in [1.54, 1.807) is 0 Å². The number of amides is 1. The molecule has 4 rings (SSSR count). The molecule has 26 heavy (non-hydrogen) atoms. The van der Waals surface area contributed by atoms with Crippen molar-refractivity contribution in [3.05, 3.63) is 70.2 Å². The van der Waals surface area contributed by atoms with Crippen LogP contribution >= 0.6 is 11.6 Å². The Kier molecular flexibility index (Phi) is 5.28. The number of halogens is 1. The van der Waals surface area contributed by atoms with Crippen LogP contribution in [0.25, 0.3) is 0 Å². The molecule has 0 aromatic heterocycles. The third-order valence-electron chi connectivity index (χ3n) is 5.42. The minimum absolute atomic E-state index is 0.126. The first-order valence-electron chi connectivity index (χ1n) is 9.57. The SMILES string of the molecule is O=C(c1ccc(C2CCCNC2)cc1)N(Cc1cccc(Cl)c1)C1CC1. The second-order valence-electron chi connectivity index (χ2n) is 7.46. The van der Waals surface area contributed by atoms with Crippen LogP contribution in [-0.2, 0) is 6.54 Å². The van der Waals surface area contributed by atoms with Crippen LogP contribution in [-0.4, -0.2) is 29.9 Å². The topological polar surface area (TPSA) is 32.3 Å². The van der Waals surface area contributed by atoms with E-state index in [0.717, 1.165) is 42.1 Å². The fraction of sp³-hybridized carbons (Fsp3) is 0.409. The Labute approximate surface area is 160 Å². The van der Waals surface area contributed by atoms with E-state index in [9.17, 15) is 4.79 Å². The number of nitrogens with one attached hydrogen (secondary N) is 1. The lowest BCUT2D eigenvalue weighted by atomic mass is 9.91. The summed E-state index contributed by atoms with van der Waals surface area (Å²) in [5, 5.41) is 4.18. The van der Waals surface area contributed by atoms with Crippen molar-refractivity contribution < 1.29 is 4.79 Å². The van der Waals surface area contributed by atoms with Crippen molar-refractivity contribution >= 4 is 17.5 Å². The Balaban J connectivity index is 1.49. The van der Waals surface area contributed by atoms with Gasteiger partial charge in [-0.15, -0.1) is 0 Å². The van der Waals surface area contributed by atoms with Crippen molar-refractivity contribution in [2.45, 2.75) is 44.2 Å². The highest BCUT2D eigenvalue weighted by Gasteiger charge is 2.33. The molecule has 1 aliphatic heterocycles. The van der Waals surface area contributed by atoms with Crippen LogP contribution < -0.4 is 5.32 Å². The van der Waals surface area contributed by atoms with Gasteiger partial charge in [0.15, 0.2) is 0 Å². The number of carbonyl (C=O) groups is 1. The molecule has 1 heterocycles.